The van der Waals surface area contributed by atoms with Crippen molar-refractivity contribution in [2.24, 2.45) is 0 Å². The van der Waals surface area contributed by atoms with Gasteiger partial charge in [0.2, 0.25) is 0 Å². The molecular formula is C44H27NO. The minimum atomic E-state index is 0.896. The Balaban J connectivity index is 1.24. The van der Waals surface area contributed by atoms with Crippen molar-refractivity contribution < 1.29 is 4.74 Å². The highest BCUT2D eigenvalue weighted by Crippen LogP contribution is 2.49. The Morgan fingerprint density at radius 2 is 1.09 bits per heavy atom. The van der Waals surface area contributed by atoms with E-state index in [9.17, 15) is 0 Å². The fourth-order valence-corrected chi connectivity index (χ4v) is 7.59. The molecule has 1 aliphatic heterocycles. The van der Waals surface area contributed by atoms with E-state index in [0.29, 0.717) is 0 Å². The Bertz CT molecular complexity index is 2660. The van der Waals surface area contributed by atoms with Crippen LogP contribution in [0.15, 0.2) is 164 Å². The number of hydrogen-bond acceptors (Lipinski definition) is 1. The second-order valence-corrected chi connectivity index (χ2v) is 12.1. The van der Waals surface area contributed by atoms with Gasteiger partial charge in [-0.05, 0) is 81.1 Å². The van der Waals surface area contributed by atoms with E-state index in [-0.39, 0.29) is 0 Å². The molecule has 8 aromatic carbocycles. The summed E-state index contributed by atoms with van der Waals surface area (Å²) in [5.41, 5.74) is 10.8. The third-order valence-electron chi connectivity index (χ3n) is 9.57. The van der Waals surface area contributed by atoms with Crippen molar-refractivity contribution in [1.82, 2.24) is 4.57 Å². The Kier molecular flexibility index (Phi) is 5.31. The Morgan fingerprint density at radius 1 is 0.391 bits per heavy atom. The molecule has 1 aliphatic rings. The number of hydrogen-bond donors (Lipinski definition) is 0. The zero-order chi connectivity index (χ0) is 30.2. The number of benzene rings is 8. The van der Waals surface area contributed by atoms with Crippen molar-refractivity contribution >= 4 is 43.4 Å². The first-order valence-electron chi connectivity index (χ1n) is 15.8. The number of ether oxygens (including phenoxy) is 1. The van der Waals surface area contributed by atoms with Crippen LogP contribution in [0.3, 0.4) is 0 Å². The van der Waals surface area contributed by atoms with Gasteiger partial charge in [0.25, 0.3) is 0 Å². The van der Waals surface area contributed by atoms with E-state index in [0.717, 1.165) is 17.1 Å². The van der Waals surface area contributed by atoms with Crippen molar-refractivity contribution in [2.75, 3.05) is 0 Å². The predicted molar refractivity (Wildman–Crippen MR) is 192 cm³/mol. The fourth-order valence-electron chi connectivity index (χ4n) is 7.59. The van der Waals surface area contributed by atoms with E-state index in [1.807, 2.05) is 0 Å². The van der Waals surface area contributed by atoms with Crippen LogP contribution in [0.25, 0.3) is 82.4 Å². The zero-order valence-corrected chi connectivity index (χ0v) is 24.9. The first-order chi connectivity index (χ1) is 22.8. The number of para-hydroxylation sites is 2. The van der Waals surface area contributed by atoms with Crippen LogP contribution in [0.1, 0.15) is 0 Å². The molecule has 0 N–H and O–H groups in total. The largest absolute Gasteiger partial charge is 0.456 e. The van der Waals surface area contributed by atoms with E-state index >= 15 is 0 Å². The molecule has 0 atom stereocenters. The molecule has 9 aromatic rings. The van der Waals surface area contributed by atoms with Gasteiger partial charge in [0, 0.05) is 32.8 Å². The molecule has 2 heteroatoms. The van der Waals surface area contributed by atoms with Gasteiger partial charge in [0.05, 0.1) is 11.0 Å². The lowest BCUT2D eigenvalue weighted by Gasteiger charge is -2.22. The molecular weight excluding hydrogens is 558 g/mol. The van der Waals surface area contributed by atoms with Gasteiger partial charge >= 0.3 is 0 Å². The highest BCUT2D eigenvalue weighted by atomic mass is 16.5. The molecule has 0 saturated heterocycles. The molecule has 46 heavy (non-hydrogen) atoms. The maximum atomic E-state index is 6.44. The Morgan fingerprint density at radius 3 is 1.96 bits per heavy atom. The summed E-state index contributed by atoms with van der Waals surface area (Å²) < 4.78 is 8.86. The number of aromatic nitrogens is 1. The summed E-state index contributed by atoms with van der Waals surface area (Å²) in [6.45, 7) is 0. The normalized spacial score (nSPS) is 12.1. The standard InChI is InChI=1S/C44H27NO/c1-2-14-30(15-3-1)45-40-22-9-8-19-34(40)39-27-37(33-18-6-7-20-36(33)44(39)45)32-17-5-4-16-31(32)29-24-25-41-38(26-29)35-21-10-12-28-13-11-23-42(46-41)43(28)35/h1-27H. The van der Waals surface area contributed by atoms with Crippen LogP contribution in [0, 0.1) is 0 Å². The van der Waals surface area contributed by atoms with Crippen LogP contribution in [-0.2, 0) is 0 Å². The SMILES string of the molecule is c1ccc(-n2c3ccccc3c3cc(-c4ccccc4-c4ccc5c(c4)-c4cccc6cccc(c46)O5)c4ccccc4c32)cc1. The van der Waals surface area contributed by atoms with Crippen molar-refractivity contribution in [3.63, 3.8) is 0 Å². The summed E-state index contributed by atoms with van der Waals surface area (Å²) in [5, 5.41) is 7.36. The van der Waals surface area contributed by atoms with Crippen molar-refractivity contribution in [3.8, 4) is 50.6 Å². The molecule has 0 saturated carbocycles. The zero-order valence-electron chi connectivity index (χ0n) is 24.9. The average molecular weight is 586 g/mol. The minimum absolute atomic E-state index is 0.896. The quantitative estimate of drug-likeness (QED) is 0.201. The van der Waals surface area contributed by atoms with Gasteiger partial charge in [0.15, 0.2) is 0 Å². The maximum Gasteiger partial charge on any atom is 0.135 e. The first kappa shape index (κ1) is 25.2. The molecule has 2 heterocycles. The van der Waals surface area contributed by atoms with Gasteiger partial charge in [-0.25, -0.2) is 0 Å². The molecule has 1 aromatic heterocycles. The fraction of sp³-hybridized carbons (Fsp3) is 0. The average Bonchev–Trinajstić information content (AvgIpc) is 3.46. The van der Waals surface area contributed by atoms with Gasteiger partial charge in [-0.2, -0.15) is 0 Å². The molecule has 0 radical (unpaired) electrons. The lowest BCUT2D eigenvalue weighted by atomic mass is 9.88. The number of nitrogens with zero attached hydrogens (tertiary/aromatic N) is 1. The molecule has 0 bridgehead atoms. The molecule has 214 valence electrons. The molecule has 0 amide bonds. The Labute approximate surface area is 266 Å². The third kappa shape index (κ3) is 3.59. The summed E-state index contributed by atoms with van der Waals surface area (Å²) in [6.07, 6.45) is 0. The summed E-state index contributed by atoms with van der Waals surface area (Å²) in [7, 11) is 0. The molecule has 2 nitrogen and oxygen atoms in total. The van der Waals surface area contributed by atoms with E-state index in [2.05, 4.69) is 168 Å². The molecule has 0 fully saturated rings. The van der Waals surface area contributed by atoms with Gasteiger partial charge in [0.1, 0.15) is 11.5 Å². The van der Waals surface area contributed by atoms with Gasteiger partial charge in [-0.1, -0.05) is 121 Å². The van der Waals surface area contributed by atoms with Crippen molar-refractivity contribution in [3.05, 3.63) is 164 Å². The van der Waals surface area contributed by atoms with Gasteiger partial charge in [-0.3, -0.25) is 0 Å². The monoisotopic (exact) mass is 585 g/mol. The summed E-state index contributed by atoms with van der Waals surface area (Å²) in [4.78, 5) is 0. The minimum Gasteiger partial charge on any atom is -0.456 e. The van der Waals surface area contributed by atoms with Crippen molar-refractivity contribution in [1.29, 1.82) is 0 Å². The van der Waals surface area contributed by atoms with Crippen LogP contribution < -0.4 is 4.74 Å². The van der Waals surface area contributed by atoms with Gasteiger partial charge < -0.3 is 9.30 Å². The highest BCUT2D eigenvalue weighted by Gasteiger charge is 2.22. The van der Waals surface area contributed by atoms with Gasteiger partial charge in [-0.15, -0.1) is 0 Å². The molecule has 10 rings (SSSR count). The van der Waals surface area contributed by atoms with E-state index in [1.165, 1.54) is 76.9 Å². The maximum absolute atomic E-state index is 6.44. The predicted octanol–water partition coefficient (Wildman–Crippen LogP) is 12.2. The highest BCUT2D eigenvalue weighted by molar-refractivity contribution is 6.22. The smallest absolute Gasteiger partial charge is 0.135 e. The van der Waals surface area contributed by atoms with E-state index in [1.54, 1.807) is 0 Å². The lowest BCUT2D eigenvalue weighted by molar-refractivity contribution is 0.487. The molecule has 0 aliphatic carbocycles. The van der Waals surface area contributed by atoms with E-state index < -0.39 is 0 Å². The molecule has 0 spiro atoms. The van der Waals surface area contributed by atoms with Crippen LogP contribution >= 0.6 is 0 Å². The summed E-state index contributed by atoms with van der Waals surface area (Å²) in [5.74, 6) is 1.82. The molecule has 0 unspecified atom stereocenters. The van der Waals surface area contributed by atoms with Crippen LogP contribution in [0.2, 0.25) is 0 Å². The first-order valence-corrected chi connectivity index (χ1v) is 15.8. The second-order valence-electron chi connectivity index (χ2n) is 12.1. The van der Waals surface area contributed by atoms with E-state index in [4.69, 9.17) is 4.74 Å². The lowest BCUT2D eigenvalue weighted by Crippen LogP contribution is -1.97. The van der Waals surface area contributed by atoms with Crippen LogP contribution in [-0.4, -0.2) is 4.57 Å². The van der Waals surface area contributed by atoms with Crippen molar-refractivity contribution in [2.45, 2.75) is 0 Å². The Hall–Kier alpha value is -6.12. The second kappa shape index (κ2) is 9.69. The summed E-state index contributed by atoms with van der Waals surface area (Å²) >= 11 is 0. The third-order valence-corrected chi connectivity index (χ3v) is 9.57. The summed E-state index contributed by atoms with van der Waals surface area (Å²) in [6, 6.07) is 59.0. The number of rotatable bonds is 3. The number of fused-ring (bicyclic) bond motifs is 7. The topological polar surface area (TPSA) is 14.2 Å². The van der Waals surface area contributed by atoms with Crippen LogP contribution in [0.5, 0.6) is 11.5 Å². The van der Waals surface area contributed by atoms with Crippen LogP contribution in [0.4, 0.5) is 0 Å².